The van der Waals surface area contributed by atoms with Gasteiger partial charge < -0.3 is 0 Å². The van der Waals surface area contributed by atoms with E-state index in [0.717, 1.165) is 6.20 Å². The van der Waals surface area contributed by atoms with E-state index in [1.54, 1.807) is 0 Å². The van der Waals surface area contributed by atoms with Crippen LogP contribution in [-0.2, 0) is 0 Å². The quantitative estimate of drug-likeness (QED) is 0.589. The maximum Gasteiger partial charge on any atom is 0.333 e. The smallest absolute Gasteiger partial charge is 0.277 e. The second-order valence-electron chi connectivity index (χ2n) is 4.05. The standard InChI is InChI=1S/C11H7F2N5O2/c12-11(13)17-5-6(4-14-17)10-8-3-7(18(19)20)1-2-9(8)15-16-10/h1-5,11H,(H,15,16). The van der Waals surface area contributed by atoms with Gasteiger partial charge in [-0.25, -0.2) is 4.68 Å². The van der Waals surface area contributed by atoms with Crippen molar-refractivity contribution in [2.45, 2.75) is 6.55 Å². The summed E-state index contributed by atoms with van der Waals surface area (Å²) >= 11 is 0. The molecule has 3 rings (SSSR count). The van der Waals surface area contributed by atoms with Gasteiger partial charge in [-0.15, -0.1) is 0 Å². The minimum Gasteiger partial charge on any atom is -0.277 e. The molecule has 0 radical (unpaired) electrons. The lowest BCUT2D eigenvalue weighted by atomic mass is 10.1. The molecule has 0 fully saturated rings. The third-order valence-electron chi connectivity index (χ3n) is 2.83. The van der Waals surface area contributed by atoms with Gasteiger partial charge in [0.05, 0.1) is 16.6 Å². The number of hydrogen-bond donors (Lipinski definition) is 1. The third kappa shape index (κ3) is 1.88. The average molecular weight is 279 g/mol. The van der Waals surface area contributed by atoms with Crippen molar-refractivity contribution in [3.63, 3.8) is 0 Å². The summed E-state index contributed by atoms with van der Waals surface area (Å²) in [6.45, 7) is -2.75. The van der Waals surface area contributed by atoms with Gasteiger partial charge in [0.1, 0.15) is 5.69 Å². The largest absolute Gasteiger partial charge is 0.333 e. The van der Waals surface area contributed by atoms with Crippen molar-refractivity contribution < 1.29 is 13.7 Å². The van der Waals surface area contributed by atoms with Crippen molar-refractivity contribution in [3.8, 4) is 11.3 Å². The summed E-state index contributed by atoms with van der Waals surface area (Å²) in [7, 11) is 0. The molecule has 0 unspecified atom stereocenters. The lowest BCUT2D eigenvalue weighted by molar-refractivity contribution is -0.384. The van der Waals surface area contributed by atoms with Crippen molar-refractivity contribution in [1.82, 2.24) is 20.0 Å². The number of non-ortho nitro benzene ring substituents is 1. The summed E-state index contributed by atoms with van der Waals surface area (Å²) in [6, 6.07) is 4.20. The Morgan fingerprint density at radius 3 is 2.85 bits per heavy atom. The van der Waals surface area contributed by atoms with Crippen molar-refractivity contribution in [2.75, 3.05) is 0 Å². The van der Waals surface area contributed by atoms with Gasteiger partial charge in [0.2, 0.25) is 0 Å². The third-order valence-corrected chi connectivity index (χ3v) is 2.83. The number of nitrogens with zero attached hydrogens (tertiary/aromatic N) is 4. The number of nitrogens with one attached hydrogen (secondary N) is 1. The van der Waals surface area contributed by atoms with E-state index in [9.17, 15) is 18.9 Å². The second-order valence-corrected chi connectivity index (χ2v) is 4.05. The SMILES string of the molecule is O=[N+]([O-])c1ccc2[nH]nc(-c3cnn(C(F)F)c3)c2c1. The van der Waals surface area contributed by atoms with E-state index in [2.05, 4.69) is 15.3 Å². The van der Waals surface area contributed by atoms with Crippen LogP contribution in [0.25, 0.3) is 22.2 Å². The minimum atomic E-state index is -2.75. The molecule has 0 saturated heterocycles. The highest BCUT2D eigenvalue weighted by atomic mass is 19.3. The number of nitro groups is 1. The maximum absolute atomic E-state index is 12.5. The predicted molar refractivity (Wildman–Crippen MR) is 65.2 cm³/mol. The van der Waals surface area contributed by atoms with Crippen LogP contribution in [0.3, 0.4) is 0 Å². The Morgan fingerprint density at radius 2 is 2.20 bits per heavy atom. The van der Waals surface area contributed by atoms with Crippen LogP contribution < -0.4 is 0 Å². The molecule has 0 spiro atoms. The van der Waals surface area contributed by atoms with Crippen LogP contribution in [0.5, 0.6) is 0 Å². The van der Waals surface area contributed by atoms with E-state index < -0.39 is 11.5 Å². The number of fused-ring (bicyclic) bond motifs is 1. The molecule has 20 heavy (non-hydrogen) atoms. The number of rotatable bonds is 3. The summed E-state index contributed by atoms with van der Waals surface area (Å²) in [4.78, 5) is 10.2. The van der Waals surface area contributed by atoms with Crippen LogP contribution in [0.15, 0.2) is 30.6 Å². The van der Waals surface area contributed by atoms with Gasteiger partial charge >= 0.3 is 6.55 Å². The minimum absolute atomic E-state index is 0.0959. The average Bonchev–Trinajstić information content (AvgIpc) is 3.03. The Bertz CT molecular complexity index is 795. The zero-order valence-corrected chi connectivity index (χ0v) is 9.83. The molecule has 0 aliphatic rings. The molecular formula is C11H7F2N5O2. The van der Waals surface area contributed by atoms with Crippen LogP contribution in [0.2, 0.25) is 0 Å². The first-order chi connectivity index (χ1) is 9.56. The van der Waals surface area contributed by atoms with E-state index in [-0.39, 0.29) is 5.69 Å². The first kappa shape index (κ1) is 12.2. The fourth-order valence-corrected chi connectivity index (χ4v) is 1.90. The molecule has 0 bridgehead atoms. The maximum atomic E-state index is 12.5. The monoisotopic (exact) mass is 279 g/mol. The van der Waals surface area contributed by atoms with Gasteiger partial charge in [0.25, 0.3) is 5.69 Å². The first-order valence-corrected chi connectivity index (χ1v) is 5.51. The van der Waals surface area contributed by atoms with E-state index in [4.69, 9.17) is 0 Å². The van der Waals surface area contributed by atoms with E-state index >= 15 is 0 Å². The molecule has 9 heteroatoms. The molecule has 0 amide bonds. The van der Waals surface area contributed by atoms with Gasteiger partial charge in [0.15, 0.2) is 0 Å². The lowest BCUT2D eigenvalue weighted by Crippen LogP contribution is -1.96. The van der Waals surface area contributed by atoms with Crippen LogP contribution in [0, 0.1) is 10.1 Å². The highest BCUT2D eigenvalue weighted by Gasteiger charge is 2.16. The number of aromatic amines is 1. The number of H-pyrrole nitrogens is 1. The number of alkyl halides is 2. The fraction of sp³-hybridized carbons (Fsp3) is 0.0909. The summed E-state index contributed by atoms with van der Waals surface area (Å²) in [6.07, 6.45) is 2.37. The second kappa shape index (κ2) is 4.37. The van der Waals surface area contributed by atoms with Gasteiger partial charge in [-0.05, 0) is 6.07 Å². The van der Waals surface area contributed by atoms with Crippen molar-refractivity contribution >= 4 is 16.6 Å². The van der Waals surface area contributed by atoms with Crippen molar-refractivity contribution in [2.24, 2.45) is 0 Å². The molecule has 102 valence electrons. The number of halogens is 2. The molecule has 2 aromatic heterocycles. The van der Waals surface area contributed by atoms with E-state index in [1.807, 2.05) is 0 Å². The normalized spacial score (nSPS) is 11.3. The summed E-state index contributed by atoms with van der Waals surface area (Å²) < 4.78 is 25.5. The molecule has 0 aliphatic carbocycles. The number of aromatic nitrogens is 4. The summed E-state index contributed by atoms with van der Waals surface area (Å²) in [5.41, 5.74) is 1.18. The molecule has 1 N–H and O–H groups in total. The van der Waals surface area contributed by atoms with Crippen LogP contribution in [0.1, 0.15) is 6.55 Å². The molecule has 1 aromatic carbocycles. The number of nitro benzene ring substituents is 1. The van der Waals surface area contributed by atoms with Crippen LogP contribution in [0.4, 0.5) is 14.5 Å². The zero-order valence-electron chi connectivity index (χ0n) is 9.83. The topological polar surface area (TPSA) is 89.6 Å². The Morgan fingerprint density at radius 1 is 1.40 bits per heavy atom. The molecule has 0 aliphatic heterocycles. The van der Waals surface area contributed by atoms with E-state index in [1.165, 1.54) is 24.4 Å². The lowest BCUT2D eigenvalue weighted by Gasteiger charge is -1.96. The molecule has 0 saturated carbocycles. The van der Waals surface area contributed by atoms with Crippen LogP contribution >= 0.6 is 0 Å². The van der Waals surface area contributed by atoms with Gasteiger partial charge in [0, 0.05) is 29.3 Å². The molecule has 7 nitrogen and oxygen atoms in total. The Labute approximate surface area is 110 Å². The van der Waals surface area contributed by atoms with Crippen molar-refractivity contribution in [1.29, 1.82) is 0 Å². The number of benzene rings is 1. The van der Waals surface area contributed by atoms with E-state index in [0.29, 0.717) is 26.8 Å². The highest BCUT2D eigenvalue weighted by molar-refractivity contribution is 5.93. The molecule has 0 atom stereocenters. The Balaban J connectivity index is 2.14. The number of hydrogen-bond acceptors (Lipinski definition) is 4. The van der Waals surface area contributed by atoms with Crippen molar-refractivity contribution in [3.05, 3.63) is 40.7 Å². The molecule has 3 aromatic rings. The molecular weight excluding hydrogens is 272 g/mol. The van der Waals surface area contributed by atoms with Gasteiger partial charge in [-0.2, -0.15) is 19.0 Å². The zero-order chi connectivity index (χ0) is 14.3. The molecule has 2 heterocycles. The highest BCUT2D eigenvalue weighted by Crippen LogP contribution is 2.29. The Kier molecular flexibility index (Phi) is 2.67. The predicted octanol–water partition coefficient (Wildman–Crippen LogP) is 2.73. The first-order valence-electron chi connectivity index (χ1n) is 5.51. The Hall–Kier alpha value is -2.84. The summed E-state index contributed by atoms with van der Waals surface area (Å²) in [5.74, 6) is 0. The summed E-state index contributed by atoms with van der Waals surface area (Å²) in [5, 5.41) is 21.4. The fourth-order valence-electron chi connectivity index (χ4n) is 1.90. The van der Waals surface area contributed by atoms with Gasteiger partial charge in [-0.1, -0.05) is 0 Å². The van der Waals surface area contributed by atoms with Crippen LogP contribution in [-0.4, -0.2) is 24.9 Å². The van der Waals surface area contributed by atoms with Gasteiger partial charge in [-0.3, -0.25) is 15.2 Å².